The number of nitrogens with zero attached hydrogens (tertiary/aromatic N) is 5. The number of anilines is 1. The number of alkyl halides is 3. The third-order valence-corrected chi connectivity index (χ3v) is 3.66. The van der Waals surface area contributed by atoms with E-state index in [9.17, 15) is 8.78 Å². The number of halogens is 4. The summed E-state index contributed by atoms with van der Waals surface area (Å²) < 4.78 is 30.2. The number of nitrogens with one attached hydrogen (secondary N) is 1. The minimum atomic E-state index is -3.73. The van der Waals surface area contributed by atoms with Gasteiger partial charge in [-0.3, -0.25) is 0 Å². The van der Waals surface area contributed by atoms with E-state index in [2.05, 4.69) is 34.9 Å². The van der Waals surface area contributed by atoms with E-state index in [-0.39, 0.29) is 11.9 Å². The van der Waals surface area contributed by atoms with E-state index in [4.69, 9.17) is 23.2 Å². The van der Waals surface area contributed by atoms with Gasteiger partial charge in [0, 0.05) is 24.2 Å². The van der Waals surface area contributed by atoms with Crippen LogP contribution < -0.4 is 5.32 Å². The maximum absolute atomic E-state index is 12.9. The van der Waals surface area contributed by atoms with Crippen molar-refractivity contribution in [2.24, 2.45) is 0 Å². The second-order valence-electron chi connectivity index (χ2n) is 4.97. The minimum absolute atomic E-state index is 0.0924. The van der Waals surface area contributed by atoms with Crippen molar-refractivity contribution in [2.45, 2.75) is 18.3 Å². The summed E-state index contributed by atoms with van der Waals surface area (Å²) in [6.45, 7) is 1.87. The lowest BCUT2D eigenvalue weighted by atomic mass is 10.1. The SMILES string of the molecule is CC(Nc1ncc(-c2noc(C(F)(F)Cl)n2)cn1)c1cccnc1Cl. The first-order chi connectivity index (χ1) is 11.8. The fourth-order valence-corrected chi connectivity index (χ4v) is 2.33. The molecule has 25 heavy (non-hydrogen) atoms. The van der Waals surface area contributed by atoms with Gasteiger partial charge in [0.25, 0.3) is 0 Å². The summed E-state index contributed by atoms with van der Waals surface area (Å²) in [4.78, 5) is 15.7. The lowest BCUT2D eigenvalue weighted by Gasteiger charge is -2.14. The molecule has 3 aromatic rings. The third-order valence-electron chi connectivity index (χ3n) is 3.18. The molecule has 3 heterocycles. The molecule has 0 spiro atoms. The molecule has 0 saturated heterocycles. The molecule has 0 amide bonds. The number of aromatic nitrogens is 5. The molecule has 0 saturated carbocycles. The first-order valence-electron chi connectivity index (χ1n) is 6.95. The quantitative estimate of drug-likeness (QED) is 0.522. The monoisotopic (exact) mass is 386 g/mol. The Kier molecular flexibility index (Phi) is 4.78. The molecule has 0 aliphatic rings. The Morgan fingerprint density at radius 3 is 2.56 bits per heavy atom. The zero-order valence-corrected chi connectivity index (χ0v) is 14.1. The van der Waals surface area contributed by atoms with Crippen LogP contribution in [0.15, 0.2) is 35.2 Å². The van der Waals surface area contributed by atoms with Crippen LogP contribution in [0.1, 0.15) is 24.4 Å². The van der Waals surface area contributed by atoms with Crippen LogP contribution in [-0.4, -0.2) is 25.1 Å². The van der Waals surface area contributed by atoms with Crippen LogP contribution in [0.3, 0.4) is 0 Å². The summed E-state index contributed by atoms with van der Waals surface area (Å²) in [5, 5.41) is 3.13. The summed E-state index contributed by atoms with van der Waals surface area (Å²) in [6, 6.07) is 3.40. The molecular formula is C14H10Cl2F2N6O. The van der Waals surface area contributed by atoms with Crippen LogP contribution in [0.4, 0.5) is 14.7 Å². The molecule has 0 aliphatic heterocycles. The highest BCUT2D eigenvalue weighted by atomic mass is 35.5. The molecule has 0 aliphatic carbocycles. The lowest BCUT2D eigenvalue weighted by Crippen LogP contribution is -2.10. The van der Waals surface area contributed by atoms with E-state index in [1.807, 2.05) is 13.0 Å². The van der Waals surface area contributed by atoms with Crippen molar-refractivity contribution >= 4 is 29.2 Å². The van der Waals surface area contributed by atoms with Gasteiger partial charge in [0.05, 0.1) is 11.6 Å². The lowest BCUT2D eigenvalue weighted by molar-refractivity contribution is 0.0551. The molecule has 0 radical (unpaired) electrons. The summed E-state index contributed by atoms with van der Waals surface area (Å²) in [7, 11) is 0. The van der Waals surface area contributed by atoms with Crippen LogP contribution in [-0.2, 0) is 5.38 Å². The van der Waals surface area contributed by atoms with Crippen molar-refractivity contribution in [1.82, 2.24) is 25.1 Å². The number of pyridine rings is 1. The molecule has 1 N–H and O–H groups in total. The average Bonchev–Trinajstić information content (AvgIpc) is 3.06. The molecule has 0 aromatic carbocycles. The van der Waals surface area contributed by atoms with Gasteiger partial charge in [-0.2, -0.15) is 13.8 Å². The summed E-state index contributed by atoms with van der Waals surface area (Å²) >= 11 is 10.9. The Morgan fingerprint density at radius 1 is 1.24 bits per heavy atom. The third kappa shape index (κ3) is 3.99. The van der Waals surface area contributed by atoms with E-state index in [0.717, 1.165) is 5.56 Å². The van der Waals surface area contributed by atoms with E-state index >= 15 is 0 Å². The fraction of sp³-hybridized carbons (Fsp3) is 0.214. The highest BCUT2D eigenvalue weighted by molar-refractivity contribution is 6.30. The van der Waals surface area contributed by atoms with Gasteiger partial charge >= 0.3 is 11.3 Å². The van der Waals surface area contributed by atoms with Crippen molar-refractivity contribution in [3.8, 4) is 11.4 Å². The van der Waals surface area contributed by atoms with E-state index in [1.54, 1.807) is 12.3 Å². The van der Waals surface area contributed by atoms with Gasteiger partial charge in [0.1, 0.15) is 5.15 Å². The normalized spacial score (nSPS) is 12.8. The zero-order chi connectivity index (χ0) is 18.0. The van der Waals surface area contributed by atoms with Gasteiger partial charge in [-0.25, -0.2) is 15.0 Å². The highest BCUT2D eigenvalue weighted by Crippen LogP contribution is 2.32. The summed E-state index contributed by atoms with van der Waals surface area (Å²) in [5.74, 6) is -0.779. The Bertz CT molecular complexity index is 868. The Labute approximate surface area is 150 Å². The van der Waals surface area contributed by atoms with Gasteiger partial charge in [0.15, 0.2) is 0 Å². The molecule has 3 rings (SSSR count). The molecule has 0 fully saturated rings. The van der Waals surface area contributed by atoms with Gasteiger partial charge in [-0.05, 0) is 24.6 Å². The van der Waals surface area contributed by atoms with E-state index < -0.39 is 11.3 Å². The Balaban J connectivity index is 1.74. The first-order valence-corrected chi connectivity index (χ1v) is 7.70. The highest BCUT2D eigenvalue weighted by Gasteiger charge is 2.35. The number of hydrogen-bond acceptors (Lipinski definition) is 7. The van der Waals surface area contributed by atoms with Crippen molar-refractivity contribution in [3.63, 3.8) is 0 Å². The number of hydrogen-bond donors (Lipinski definition) is 1. The largest absolute Gasteiger partial charge is 0.400 e. The predicted octanol–water partition coefficient (Wildman–Crippen LogP) is 4.04. The fourth-order valence-electron chi connectivity index (χ4n) is 1.97. The maximum atomic E-state index is 12.9. The Morgan fingerprint density at radius 2 is 1.96 bits per heavy atom. The average molecular weight is 387 g/mol. The molecule has 0 bridgehead atoms. The summed E-state index contributed by atoms with van der Waals surface area (Å²) in [6.07, 6.45) is 4.33. The molecular weight excluding hydrogens is 377 g/mol. The van der Waals surface area contributed by atoms with Crippen LogP contribution in [0.5, 0.6) is 0 Å². The topological polar surface area (TPSA) is 89.6 Å². The molecule has 7 nitrogen and oxygen atoms in total. The first kappa shape index (κ1) is 17.4. The van der Waals surface area contributed by atoms with Crippen molar-refractivity contribution in [1.29, 1.82) is 0 Å². The van der Waals surface area contributed by atoms with Crippen LogP contribution in [0, 0.1) is 0 Å². The van der Waals surface area contributed by atoms with Gasteiger partial charge in [-0.1, -0.05) is 22.8 Å². The standard InChI is InChI=1S/C14H10Cl2F2N6O/c1-7(9-3-2-4-19-10(9)15)22-13-20-5-8(6-21-13)11-23-12(25-24-11)14(16,17)18/h2-7H,1H3,(H,20,21,22). The maximum Gasteiger partial charge on any atom is 0.400 e. The van der Waals surface area contributed by atoms with Crippen molar-refractivity contribution < 1.29 is 13.3 Å². The predicted molar refractivity (Wildman–Crippen MR) is 86.4 cm³/mol. The van der Waals surface area contributed by atoms with Gasteiger partial charge in [0.2, 0.25) is 11.8 Å². The smallest absolute Gasteiger partial charge is 0.348 e. The summed E-state index contributed by atoms with van der Waals surface area (Å²) in [5.41, 5.74) is 1.08. The van der Waals surface area contributed by atoms with Gasteiger partial charge < -0.3 is 9.84 Å². The van der Waals surface area contributed by atoms with E-state index in [0.29, 0.717) is 16.7 Å². The van der Waals surface area contributed by atoms with Crippen molar-refractivity contribution in [2.75, 3.05) is 5.32 Å². The van der Waals surface area contributed by atoms with Gasteiger partial charge in [-0.15, -0.1) is 0 Å². The molecule has 3 aromatic heterocycles. The second kappa shape index (κ2) is 6.85. The number of rotatable bonds is 5. The zero-order valence-electron chi connectivity index (χ0n) is 12.6. The van der Waals surface area contributed by atoms with Crippen LogP contribution >= 0.6 is 23.2 Å². The molecule has 130 valence electrons. The minimum Gasteiger partial charge on any atom is -0.348 e. The molecule has 1 unspecified atom stereocenters. The van der Waals surface area contributed by atoms with E-state index in [1.165, 1.54) is 12.4 Å². The van der Waals surface area contributed by atoms with Crippen molar-refractivity contribution in [3.05, 3.63) is 47.3 Å². The van der Waals surface area contributed by atoms with Crippen LogP contribution in [0.2, 0.25) is 5.15 Å². The molecule has 1 atom stereocenters. The second-order valence-corrected chi connectivity index (χ2v) is 5.80. The van der Waals surface area contributed by atoms with Crippen LogP contribution in [0.25, 0.3) is 11.4 Å². The Hall–Kier alpha value is -2.39. The molecule has 11 heteroatoms.